The van der Waals surface area contributed by atoms with Gasteiger partial charge in [-0.3, -0.25) is 4.99 Å². The number of nitrogens with zero attached hydrogens (tertiary/aromatic N) is 1. The minimum absolute atomic E-state index is 0.0616. The van der Waals surface area contributed by atoms with Crippen molar-refractivity contribution in [2.24, 2.45) is 16.8 Å². The van der Waals surface area contributed by atoms with E-state index < -0.39 is 0 Å². The Kier molecular flexibility index (Phi) is 2.18. The van der Waals surface area contributed by atoms with Crippen LogP contribution in [0.25, 0.3) is 0 Å². The average molecular weight is 181 g/mol. The zero-order valence-corrected chi connectivity index (χ0v) is 8.37. The molecule has 74 valence electrons. The lowest BCUT2D eigenvalue weighted by Gasteiger charge is -2.29. The molecule has 0 amide bonds. The molecule has 2 aliphatic carbocycles. The molecular weight excluding hydrogens is 162 g/mol. The van der Waals surface area contributed by atoms with Gasteiger partial charge in [0.15, 0.2) is 0 Å². The second kappa shape index (κ2) is 3.09. The van der Waals surface area contributed by atoms with E-state index in [1.807, 2.05) is 0 Å². The van der Waals surface area contributed by atoms with Gasteiger partial charge in [-0.25, -0.2) is 0 Å². The van der Waals surface area contributed by atoms with Crippen LogP contribution in [0.2, 0.25) is 0 Å². The molecule has 2 heteroatoms. The number of aliphatic hydroxyl groups excluding tert-OH is 1. The minimum Gasteiger partial charge on any atom is -0.393 e. The van der Waals surface area contributed by atoms with Crippen molar-refractivity contribution in [2.75, 3.05) is 0 Å². The van der Waals surface area contributed by atoms with Crippen LogP contribution in [0.5, 0.6) is 0 Å². The Morgan fingerprint density at radius 1 is 1.38 bits per heavy atom. The number of rotatable bonds is 1. The summed E-state index contributed by atoms with van der Waals surface area (Å²) in [7, 11) is 0. The first-order valence-electron chi connectivity index (χ1n) is 5.30. The molecule has 2 bridgehead atoms. The molecule has 2 saturated carbocycles. The number of hydrogen-bond acceptors (Lipinski definition) is 2. The number of hydrogen-bond donors (Lipinski definition) is 1. The maximum Gasteiger partial charge on any atom is 0.0604 e. The summed E-state index contributed by atoms with van der Waals surface area (Å²) >= 11 is 0. The van der Waals surface area contributed by atoms with Crippen LogP contribution in [0, 0.1) is 11.8 Å². The Hall–Kier alpha value is -0.370. The van der Waals surface area contributed by atoms with E-state index in [0.29, 0.717) is 5.92 Å². The van der Waals surface area contributed by atoms with E-state index in [9.17, 15) is 5.11 Å². The van der Waals surface area contributed by atoms with Crippen molar-refractivity contribution in [2.45, 2.75) is 50.7 Å². The third-order valence-corrected chi connectivity index (χ3v) is 4.03. The summed E-state index contributed by atoms with van der Waals surface area (Å²) in [5.74, 6) is 1.37. The Balaban J connectivity index is 2.17. The first-order chi connectivity index (χ1) is 6.14. The lowest BCUT2D eigenvalue weighted by molar-refractivity contribution is 0.118. The summed E-state index contributed by atoms with van der Waals surface area (Å²) in [5, 5.41) is 9.68. The van der Waals surface area contributed by atoms with Crippen LogP contribution >= 0.6 is 0 Å². The molecule has 0 radical (unpaired) electrons. The van der Waals surface area contributed by atoms with Crippen molar-refractivity contribution in [3.05, 3.63) is 0 Å². The molecule has 0 saturated heterocycles. The van der Waals surface area contributed by atoms with Gasteiger partial charge in [0, 0.05) is 0 Å². The van der Waals surface area contributed by atoms with Crippen molar-refractivity contribution in [1.82, 2.24) is 0 Å². The zero-order chi connectivity index (χ0) is 9.47. The Labute approximate surface area is 80.1 Å². The van der Waals surface area contributed by atoms with E-state index in [2.05, 4.69) is 18.6 Å². The predicted octanol–water partition coefficient (Wildman–Crippen LogP) is 2.02. The van der Waals surface area contributed by atoms with E-state index in [-0.39, 0.29) is 11.6 Å². The van der Waals surface area contributed by atoms with Gasteiger partial charge in [-0.1, -0.05) is 0 Å². The van der Waals surface area contributed by atoms with Crippen LogP contribution in [-0.2, 0) is 0 Å². The molecule has 2 nitrogen and oxygen atoms in total. The highest BCUT2D eigenvalue weighted by Gasteiger charge is 2.45. The Morgan fingerprint density at radius 2 is 2.15 bits per heavy atom. The van der Waals surface area contributed by atoms with Gasteiger partial charge in [-0.05, 0) is 57.6 Å². The lowest BCUT2D eigenvalue weighted by Crippen LogP contribution is -2.30. The van der Waals surface area contributed by atoms with Crippen LogP contribution in [0.3, 0.4) is 0 Å². The van der Waals surface area contributed by atoms with Crippen LogP contribution in [0.1, 0.15) is 39.0 Å². The molecule has 0 aromatic carbocycles. The molecule has 2 rings (SSSR count). The van der Waals surface area contributed by atoms with Crippen LogP contribution in [0.15, 0.2) is 4.99 Å². The smallest absolute Gasteiger partial charge is 0.0604 e. The highest BCUT2D eigenvalue weighted by Crippen LogP contribution is 2.48. The highest BCUT2D eigenvalue weighted by atomic mass is 16.3. The van der Waals surface area contributed by atoms with Crippen molar-refractivity contribution in [3.8, 4) is 0 Å². The molecule has 2 aliphatic rings. The largest absolute Gasteiger partial charge is 0.393 e. The van der Waals surface area contributed by atoms with E-state index in [4.69, 9.17) is 0 Å². The number of aliphatic imine (C=N–C) groups is 1. The monoisotopic (exact) mass is 181 g/mol. The maximum absolute atomic E-state index is 9.68. The predicted molar refractivity (Wildman–Crippen MR) is 54.0 cm³/mol. The normalized spacial score (nSPS) is 50.2. The fraction of sp³-hybridized carbons (Fsp3) is 0.909. The van der Waals surface area contributed by atoms with Gasteiger partial charge < -0.3 is 5.11 Å². The van der Waals surface area contributed by atoms with Gasteiger partial charge in [0.25, 0.3) is 0 Å². The molecule has 0 heterocycles. The van der Waals surface area contributed by atoms with E-state index in [1.54, 1.807) is 0 Å². The summed E-state index contributed by atoms with van der Waals surface area (Å²) in [6.45, 7) is 5.90. The third-order valence-electron chi connectivity index (χ3n) is 4.03. The summed E-state index contributed by atoms with van der Waals surface area (Å²) in [4.78, 5) is 4.28. The first kappa shape index (κ1) is 9.20. The van der Waals surface area contributed by atoms with Gasteiger partial charge in [0.05, 0.1) is 11.6 Å². The quantitative estimate of drug-likeness (QED) is 0.617. The van der Waals surface area contributed by atoms with Crippen molar-refractivity contribution >= 4 is 6.72 Å². The van der Waals surface area contributed by atoms with Crippen molar-refractivity contribution in [3.63, 3.8) is 0 Å². The molecule has 4 unspecified atom stereocenters. The van der Waals surface area contributed by atoms with E-state index in [1.165, 1.54) is 19.3 Å². The second-order valence-electron chi connectivity index (χ2n) is 4.98. The van der Waals surface area contributed by atoms with Gasteiger partial charge >= 0.3 is 0 Å². The highest BCUT2D eigenvalue weighted by molar-refractivity contribution is 5.27. The van der Waals surface area contributed by atoms with Gasteiger partial charge in [0.1, 0.15) is 0 Å². The molecule has 2 fully saturated rings. The summed E-state index contributed by atoms with van der Waals surface area (Å²) < 4.78 is 0. The molecular formula is C11H19NO. The second-order valence-corrected chi connectivity index (χ2v) is 4.98. The van der Waals surface area contributed by atoms with E-state index >= 15 is 0 Å². The van der Waals surface area contributed by atoms with Crippen LogP contribution in [-0.4, -0.2) is 23.5 Å². The summed E-state index contributed by atoms with van der Waals surface area (Å²) in [6.07, 6.45) is 5.47. The minimum atomic E-state index is -0.0867. The zero-order valence-electron chi connectivity index (χ0n) is 8.37. The Bertz CT molecular complexity index is 216. The number of fused-ring (bicyclic) bond motifs is 2. The summed E-state index contributed by atoms with van der Waals surface area (Å²) in [6, 6.07) is 0. The lowest BCUT2D eigenvalue weighted by atomic mass is 9.84. The van der Waals surface area contributed by atoms with Gasteiger partial charge in [-0.2, -0.15) is 0 Å². The van der Waals surface area contributed by atoms with Crippen molar-refractivity contribution in [1.29, 1.82) is 0 Å². The number of aliphatic hydroxyl groups is 1. The molecule has 0 aromatic heterocycles. The SMILES string of the molecule is C=NC1(C)CC2CCC(O)CC1C2. The van der Waals surface area contributed by atoms with Gasteiger partial charge in [0.2, 0.25) is 0 Å². The molecule has 0 spiro atoms. The average Bonchev–Trinajstić information content (AvgIpc) is 2.27. The topological polar surface area (TPSA) is 32.6 Å². The molecule has 0 aliphatic heterocycles. The van der Waals surface area contributed by atoms with Crippen molar-refractivity contribution < 1.29 is 5.11 Å². The molecule has 13 heavy (non-hydrogen) atoms. The molecule has 4 atom stereocenters. The Morgan fingerprint density at radius 3 is 2.85 bits per heavy atom. The fourth-order valence-electron chi connectivity index (χ4n) is 3.13. The van der Waals surface area contributed by atoms with Crippen LogP contribution < -0.4 is 0 Å². The molecule has 0 aromatic rings. The maximum atomic E-state index is 9.68. The fourth-order valence-corrected chi connectivity index (χ4v) is 3.13. The standard InChI is InChI=1S/C11H19NO/c1-11(12-2)7-8-3-4-10(13)6-9(11)5-8/h8-10,13H,2-7H2,1H3. The molecule has 1 N–H and O–H groups in total. The summed E-state index contributed by atoms with van der Waals surface area (Å²) in [5.41, 5.74) is 0.0616. The third kappa shape index (κ3) is 1.52. The van der Waals surface area contributed by atoms with Gasteiger partial charge in [-0.15, -0.1) is 0 Å². The van der Waals surface area contributed by atoms with Crippen LogP contribution in [0.4, 0.5) is 0 Å². The first-order valence-corrected chi connectivity index (χ1v) is 5.30. The van der Waals surface area contributed by atoms with E-state index in [0.717, 1.165) is 18.8 Å².